The van der Waals surface area contributed by atoms with E-state index in [0.717, 1.165) is 35.9 Å². The standard InChI is InChI=1S/C23H26N6/c1-17(2)22-26-27-23-20(25-16-19-11-7-4-8-12-19)15-21(28-29(22)23)24-14-13-18-9-5-3-6-10-18/h3-12,15,17,25H,13-14,16H2,1-2H3,(H,24,28). The van der Waals surface area contributed by atoms with E-state index in [9.17, 15) is 0 Å². The average molecular weight is 387 g/mol. The maximum atomic E-state index is 4.74. The Hall–Kier alpha value is -3.41. The summed E-state index contributed by atoms with van der Waals surface area (Å²) in [4.78, 5) is 0. The van der Waals surface area contributed by atoms with Crippen LogP contribution in [0.15, 0.2) is 66.7 Å². The van der Waals surface area contributed by atoms with Crippen LogP contribution < -0.4 is 10.6 Å². The maximum absolute atomic E-state index is 4.74. The predicted molar refractivity (Wildman–Crippen MR) is 117 cm³/mol. The van der Waals surface area contributed by atoms with Crippen molar-refractivity contribution in [3.63, 3.8) is 0 Å². The zero-order valence-corrected chi connectivity index (χ0v) is 16.8. The zero-order valence-electron chi connectivity index (χ0n) is 16.8. The number of nitrogens with one attached hydrogen (secondary N) is 2. The summed E-state index contributed by atoms with van der Waals surface area (Å²) in [7, 11) is 0. The summed E-state index contributed by atoms with van der Waals surface area (Å²) in [6.45, 7) is 5.73. The van der Waals surface area contributed by atoms with Crippen LogP contribution >= 0.6 is 0 Å². The summed E-state index contributed by atoms with van der Waals surface area (Å²) in [5.74, 6) is 1.90. The third-order valence-electron chi connectivity index (χ3n) is 4.80. The van der Waals surface area contributed by atoms with Crippen LogP contribution in [-0.4, -0.2) is 26.4 Å². The van der Waals surface area contributed by atoms with Crippen LogP contribution in [0.2, 0.25) is 0 Å². The van der Waals surface area contributed by atoms with E-state index in [0.29, 0.717) is 6.54 Å². The maximum Gasteiger partial charge on any atom is 0.201 e. The molecule has 4 aromatic rings. The molecule has 6 heteroatoms. The van der Waals surface area contributed by atoms with Gasteiger partial charge in [0.15, 0.2) is 5.82 Å². The minimum Gasteiger partial charge on any atom is -0.378 e. The van der Waals surface area contributed by atoms with E-state index < -0.39 is 0 Å². The molecule has 0 saturated carbocycles. The van der Waals surface area contributed by atoms with E-state index in [1.165, 1.54) is 11.1 Å². The van der Waals surface area contributed by atoms with Crippen molar-refractivity contribution in [3.8, 4) is 0 Å². The SMILES string of the molecule is CC(C)c1nnc2c(NCc3ccccc3)cc(NCCc3ccccc3)nn12. The van der Waals surface area contributed by atoms with Crippen molar-refractivity contribution >= 4 is 17.2 Å². The smallest absolute Gasteiger partial charge is 0.201 e. The summed E-state index contributed by atoms with van der Waals surface area (Å²) in [5, 5.41) is 20.4. The van der Waals surface area contributed by atoms with Crippen LogP contribution in [0.3, 0.4) is 0 Å². The molecule has 148 valence electrons. The number of rotatable bonds is 8. The molecule has 0 atom stereocenters. The van der Waals surface area contributed by atoms with Crippen molar-refractivity contribution < 1.29 is 0 Å². The minimum atomic E-state index is 0.235. The molecule has 2 aromatic carbocycles. The summed E-state index contributed by atoms with van der Waals surface area (Å²) in [6, 6.07) is 22.8. The van der Waals surface area contributed by atoms with Gasteiger partial charge in [0.1, 0.15) is 5.82 Å². The lowest BCUT2D eigenvalue weighted by Crippen LogP contribution is -2.11. The van der Waals surface area contributed by atoms with E-state index in [1.807, 2.05) is 34.8 Å². The molecule has 4 rings (SSSR count). The molecular weight excluding hydrogens is 360 g/mol. The molecule has 0 radical (unpaired) electrons. The molecular formula is C23H26N6. The fourth-order valence-electron chi connectivity index (χ4n) is 3.25. The lowest BCUT2D eigenvalue weighted by atomic mass is 10.1. The van der Waals surface area contributed by atoms with Crippen molar-refractivity contribution in [1.82, 2.24) is 19.8 Å². The van der Waals surface area contributed by atoms with Gasteiger partial charge in [-0.05, 0) is 17.5 Å². The third-order valence-corrected chi connectivity index (χ3v) is 4.80. The van der Waals surface area contributed by atoms with Crippen molar-refractivity contribution in [2.24, 2.45) is 0 Å². The molecule has 0 fully saturated rings. The molecule has 2 heterocycles. The van der Waals surface area contributed by atoms with Crippen LogP contribution in [-0.2, 0) is 13.0 Å². The fraction of sp³-hybridized carbons (Fsp3) is 0.261. The monoisotopic (exact) mass is 386 g/mol. The van der Waals surface area contributed by atoms with Crippen LogP contribution in [0, 0.1) is 0 Å². The van der Waals surface area contributed by atoms with Crippen LogP contribution in [0.1, 0.15) is 36.7 Å². The van der Waals surface area contributed by atoms with Gasteiger partial charge in [0.2, 0.25) is 5.65 Å². The van der Waals surface area contributed by atoms with Gasteiger partial charge in [-0.25, -0.2) is 0 Å². The Balaban J connectivity index is 1.57. The molecule has 0 aliphatic rings. The van der Waals surface area contributed by atoms with Crippen molar-refractivity contribution in [2.45, 2.75) is 32.7 Å². The first-order valence-corrected chi connectivity index (χ1v) is 10.0. The number of fused-ring (bicyclic) bond motifs is 1. The quantitative estimate of drug-likeness (QED) is 0.466. The number of hydrogen-bond donors (Lipinski definition) is 2. The molecule has 0 amide bonds. The third kappa shape index (κ3) is 4.54. The molecule has 2 N–H and O–H groups in total. The molecule has 6 nitrogen and oxygen atoms in total. The van der Waals surface area contributed by atoms with E-state index in [4.69, 9.17) is 5.10 Å². The molecule has 0 bridgehead atoms. The van der Waals surface area contributed by atoms with Crippen LogP contribution in [0.4, 0.5) is 11.5 Å². The highest BCUT2D eigenvalue weighted by Gasteiger charge is 2.15. The van der Waals surface area contributed by atoms with Crippen molar-refractivity contribution in [3.05, 3.63) is 83.7 Å². The highest BCUT2D eigenvalue weighted by Crippen LogP contribution is 2.22. The summed E-state index contributed by atoms with van der Waals surface area (Å²) in [5.41, 5.74) is 4.18. The molecule has 2 aromatic heterocycles. The average Bonchev–Trinajstić information content (AvgIpc) is 3.18. The van der Waals surface area contributed by atoms with Crippen molar-refractivity contribution in [2.75, 3.05) is 17.2 Å². The van der Waals surface area contributed by atoms with Gasteiger partial charge in [-0.15, -0.1) is 15.3 Å². The predicted octanol–water partition coefficient (Wildman–Crippen LogP) is 4.51. The Morgan fingerprint density at radius 1 is 0.862 bits per heavy atom. The van der Waals surface area contributed by atoms with Crippen LogP contribution in [0.5, 0.6) is 0 Å². The van der Waals surface area contributed by atoms with Crippen molar-refractivity contribution in [1.29, 1.82) is 0 Å². The lowest BCUT2D eigenvalue weighted by molar-refractivity contribution is 0.721. The molecule has 0 saturated heterocycles. The second kappa shape index (κ2) is 8.73. The molecule has 0 unspecified atom stereocenters. The van der Waals surface area contributed by atoms with Gasteiger partial charge in [0, 0.05) is 25.1 Å². The normalized spacial score (nSPS) is 11.1. The van der Waals surface area contributed by atoms with Gasteiger partial charge in [-0.3, -0.25) is 0 Å². The molecule has 0 aliphatic carbocycles. The Kier molecular flexibility index (Phi) is 5.70. The van der Waals surface area contributed by atoms with E-state index >= 15 is 0 Å². The number of aromatic nitrogens is 4. The van der Waals surface area contributed by atoms with E-state index in [1.54, 1.807) is 0 Å². The van der Waals surface area contributed by atoms with Gasteiger partial charge < -0.3 is 10.6 Å². The second-order valence-corrected chi connectivity index (χ2v) is 7.39. The Bertz CT molecular complexity index is 1060. The number of nitrogens with zero attached hydrogens (tertiary/aromatic N) is 4. The number of anilines is 2. The van der Waals surface area contributed by atoms with E-state index in [2.05, 4.69) is 71.1 Å². The summed E-state index contributed by atoms with van der Waals surface area (Å²) < 4.78 is 1.85. The lowest BCUT2D eigenvalue weighted by Gasteiger charge is -2.12. The Morgan fingerprint density at radius 2 is 1.55 bits per heavy atom. The number of benzene rings is 2. The number of hydrogen-bond acceptors (Lipinski definition) is 5. The Labute approximate surface area is 171 Å². The van der Waals surface area contributed by atoms with Gasteiger partial charge in [-0.2, -0.15) is 4.52 Å². The molecule has 29 heavy (non-hydrogen) atoms. The Morgan fingerprint density at radius 3 is 2.24 bits per heavy atom. The summed E-state index contributed by atoms with van der Waals surface area (Å²) in [6.07, 6.45) is 0.937. The highest BCUT2D eigenvalue weighted by atomic mass is 15.4. The first-order valence-electron chi connectivity index (χ1n) is 10.0. The van der Waals surface area contributed by atoms with Gasteiger partial charge >= 0.3 is 0 Å². The zero-order chi connectivity index (χ0) is 20.1. The van der Waals surface area contributed by atoms with E-state index in [-0.39, 0.29) is 5.92 Å². The topological polar surface area (TPSA) is 67.1 Å². The van der Waals surface area contributed by atoms with Crippen LogP contribution in [0.25, 0.3) is 5.65 Å². The van der Waals surface area contributed by atoms with Gasteiger partial charge in [0.25, 0.3) is 0 Å². The van der Waals surface area contributed by atoms with Gasteiger partial charge in [-0.1, -0.05) is 74.5 Å². The molecule has 0 aliphatic heterocycles. The second-order valence-electron chi connectivity index (χ2n) is 7.39. The first-order chi connectivity index (χ1) is 14.2. The first kappa shape index (κ1) is 18.9. The fourth-order valence-corrected chi connectivity index (χ4v) is 3.25. The largest absolute Gasteiger partial charge is 0.378 e. The summed E-state index contributed by atoms with van der Waals surface area (Å²) >= 11 is 0. The molecule has 0 spiro atoms. The minimum absolute atomic E-state index is 0.235. The highest BCUT2D eigenvalue weighted by molar-refractivity contribution is 5.70. The van der Waals surface area contributed by atoms with Gasteiger partial charge in [0.05, 0.1) is 5.69 Å².